The lowest BCUT2D eigenvalue weighted by atomic mass is 9.87. The van der Waals surface area contributed by atoms with Crippen LogP contribution in [0.4, 0.5) is 5.69 Å². The van der Waals surface area contributed by atoms with Crippen molar-refractivity contribution in [3.63, 3.8) is 0 Å². The first-order valence-corrected chi connectivity index (χ1v) is 7.73. The Hall–Kier alpha value is -1.29. The molecule has 108 valence electrons. The zero-order valence-electron chi connectivity index (χ0n) is 11.4. The average molecular weight is 295 g/mol. The molecule has 0 aliphatic carbocycles. The molecule has 0 amide bonds. The van der Waals surface area contributed by atoms with Crippen LogP contribution in [-0.4, -0.2) is 23.6 Å². The fraction of sp³-hybridized carbons (Fsp3) is 0.600. The van der Waals surface area contributed by atoms with E-state index >= 15 is 0 Å². The zero-order valence-corrected chi connectivity index (χ0v) is 12.2. The fourth-order valence-corrected chi connectivity index (χ4v) is 3.73. The quantitative estimate of drug-likeness (QED) is 0.586. The lowest BCUT2D eigenvalue weighted by Crippen LogP contribution is -2.52. The van der Waals surface area contributed by atoms with Gasteiger partial charge in [-0.25, -0.2) is 0 Å². The Morgan fingerprint density at radius 2 is 2.05 bits per heavy atom. The molecule has 2 aliphatic heterocycles. The Morgan fingerprint density at radius 3 is 2.85 bits per heavy atom. The molecule has 0 radical (unpaired) electrons. The molecule has 2 aliphatic rings. The molecule has 5 heteroatoms. The lowest BCUT2D eigenvalue weighted by molar-refractivity contribution is -0.526. The van der Waals surface area contributed by atoms with Gasteiger partial charge in [0, 0.05) is 28.6 Å². The van der Waals surface area contributed by atoms with E-state index in [1.807, 2.05) is 18.2 Å². The second-order valence-corrected chi connectivity index (χ2v) is 6.23. The molecule has 0 bridgehead atoms. The smallest absolute Gasteiger partial charge is 0.237 e. The van der Waals surface area contributed by atoms with Gasteiger partial charge in [-0.15, -0.1) is 0 Å². The van der Waals surface area contributed by atoms with Crippen LogP contribution in [0.1, 0.15) is 37.7 Å². The van der Waals surface area contributed by atoms with Crippen molar-refractivity contribution in [2.24, 2.45) is 0 Å². The standard InChI is InChI=1S/C15H19ClN2O2/c16-12-7-6-11-9-15(18(19)20)13-5-3-1-2-4-8-17(13)14(11)10-12/h6-7,10,13,15H,1-5,8-9H2. The summed E-state index contributed by atoms with van der Waals surface area (Å²) in [5.41, 5.74) is 2.18. The van der Waals surface area contributed by atoms with E-state index in [2.05, 4.69) is 4.90 Å². The predicted molar refractivity (Wildman–Crippen MR) is 80.2 cm³/mol. The van der Waals surface area contributed by atoms with Gasteiger partial charge in [-0.1, -0.05) is 36.9 Å². The summed E-state index contributed by atoms with van der Waals surface area (Å²) in [4.78, 5) is 13.6. The van der Waals surface area contributed by atoms with Gasteiger partial charge >= 0.3 is 0 Å². The number of nitrogens with zero attached hydrogens (tertiary/aromatic N) is 2. The van der Waals surface area contributed by atoms with E-state index < -0.39 is 6.04 Å². The summed E-state index contributed by atoms with van der Waals surface area (Å²) in [6, 6.07) is 5.30. The average Bonchev–Trinajstić information content (AvgIpc) is 2.38. The summed E-state index contributed by atoms with van der Waals surface area (Å²) in [7, 11) is 0. The highest BCUT2D eigenvalue weighted by atomic mass is 35.5. The van der Waals surface area contributed by atoms with E-state index in [4.69, 9.17) is 11.6 Å². The molecule has 1 aromatic carbocycles. The number of fused-ring (bicyclic) bond motifs is 3. The number of halogens is 1. The van der Waals surface area contributed by atoms with E-state index in [0.717, 1.165) is 37.1 Å². The number of nitro groups is 1. The second-order valence-electron chi connectivity index (χ2n) is 5.79. The maximum atomic E-state index is 11.4. The van der Waals surface area contributed by atoms with Crippen molar-refractivity contribution in [2.45, 2.75) is 50.6 Å². The van der Waals surface area contributed by atoms with Gasteiger partial charge in [0.25, 0.3) is 0 Å². The first kappa shape index (κ1) is 13.7. The van der Waals surface area contributed by atoms with Gasteiger partial charge in [0.2, 0.25) is 6.04 Å². The number of hydrogen-bond acceptors (Lipinski definition) is 3. The number of anilines is 1. The topological polar surface area (TPSA) is 46.4 Å². The molecule has 2 unspecified atom stereocenters. The summed E-state index contributed by atoms with van der Waals surface area (Å²) in [5.74, 6) is 0. The van der Waals surface area contributed by atoms with Crippen molar-refractivity contribution in [2.75, 3.05) is 11.4 Å². The molecule has 4 nitrogen and oxygen atoms in total. The van der Waals surface area contributed by atoms with Gasteiger partial charge in [-0.3, -0.25) is 10.1 Å². The highest BCUT2D eigenvalue weighted by Gasteiger charge is 2.41. The van der Waals surface area contributed by atoms with Crippen LogP contribution in [0.25, 0.3) is 0 Å². The summed E-state index contributed by atoms with van der Waals surface area (Å²) in [6.45, 7) is 0.905. The third-order valence-corrected chi connectivity index (χ3v) is 4.79. The molecule has 0 N–H and O–H groups in total. The summed E-state index contributed by atoms with van der Waals surface area (Å²) < 4.78 is 0. The minimum Gasteiger partial charge on any atom is -0.361 e. The molecular formula is C15H19ClN2O2. The molecule has 1 fully saturated rings. The van der Waals surface area contributed by atoms with Crippen molar-refractivity contribution < 1.29 is 4.92 Å². The molecule has 0 spiro atoms. The molecular weight excluding hydrogens is 276 g/mol. The second kappa shape index (κ2) is 5.60. The molecule has 2 atom stereocenters. The third kappa shape index (κ3) is 2.49. The normalized spacial score (nSPS) is 26.1. The van der Waals surface area contributed by atoms with Crippen LogP contribution in [-0.2, 0) is 6.42 Å². The predicted octanol–water partition coefficient (Wildman–Crippen LogP) is 3.68. The summed E-state index contributed by atoms with van der Waals surface area (Å²) >= 11 is 6.12. The van der Waals surface area contributed by atoms with E-state index in [1.165, 1.54) is 12.8 Å². The Morgan fingerprint density at radius 1 is 1.25 bits per heavy atom. The van der Waals surface area contributed by atoms with Crippen molar-refractivity contribution >= 4 is 17.3 Å². The minimum atomic E-state index is -0.484. The Kier molecular flexibility index (Phi) is 3.83. The molecule has 0 aromatic heterocycles. The summed E-state index contributed by atoms with van der Waals surface area (Å²) in [6.07, 6.45) is 6.03. The van der Waals surface area contributed by atoms with Crippen LogP contribution < -0.4 is 4.90 Å². The van der Waals surface area contributed by atoms with E-state index in [9.17, 15) is 10.1 Å². The van der Waals surface area contributed by atoms with Crippen LogP contribution >= 0.6 is 11.6 Å². The molecule has 20 heavy (non-hydrogen) atoms. The molecule has 0 saturated carbocycles. The van der Waals surface area contributed by atoms with E-state index in [1.54, 1.807) is 0 Å². The van der Waals surface area contributed by atoms with Crippen molar-refractivity contribution in [3.8, 4) is 0 Å². The van der Waals surface area contributed by atoms with Crippen molar-refractivity contribution in [3.05, 3.63) is 38.9 Å². The Balaban J connectivity index is 2.02. The van der Waals surface area contributed by atoms with Crippen LogP contribution in [0.2, 0.25) is 5.02 Å². The minimum absolute atomic E-state index is 0.0243. The van der Waals surface area contributed by atoms with Crippen LogP contribution in [0.3, 0.4) is 0 Å². The number of hydrogen-bond donors (Lipinski definition) is 0. The third-order valence-electron chi connectivity index (χ3n) is 4.55. The number of rotatable bonds is 1. The maximum absolute atomic E-state index is 11.4. The van der Waals surface area contributed by atoms with Gasteiger partial charge in [0.05, 0.1) is 6.04 Å². The van der Waals surface area contributed by atoms with Gasteiger partial charge < -0.3 is 4.90 Å². The summed E-state index contributed by atoms with van der Waals surface area (Å²) in [5, 5.41) is 12.1. The first-order chi connectivity index (χ1) is 9.66. The SMILES string of the molecule is O=[N+]([O-])C1Cc2ccc(Cl)cc2N2CCCCCCC12. The zero-order chi connectivity index (χ0) is 14.1. The van der Waals surface area contributed by atoms with Gasteiger partial charge in [-0.05, 0) is 30.5 Å². The van der Waals surface area contributed by atoms with Crippen molar-refractivity contribution in [1.29, 1.82) is 0 Å². The highest BCUT2D eigenvalue weighted by Crippen LogP contribution is 2.37. The van der Waals surface area contributed by atoms with Gasteiger partial charge in [0.15, 0.2) is 0 Å². The number of benzene rings is 1. The van der Waals surface area contributed by atoms with Crippen LogP contribution in [0, 0.1) is 10.1 Å². The van der Waals surface area contributed by atoms with Gasteiger partial charge in [-0.2, -0.15) is 0 Å². The maximum Gasteiger partial charge on any atom is 0.237 e. The van der Waals surface area contributed by atoms with Crippen molar-refractivity contribution in [1.82, 2.24) is 0 Å². The van der Waals surface area contributed by atoms with Crippen LogP contribution in [0.15, 0.2) is 18.2 Å². The molecule has 1 aromatic rings. The fourth-order valence-electron chi connectivity index (χ4n) is 3.56. The lowest BCUT2D eigenvalue weighted by Gasteiger charge is -2.41. The monoisotopic (exact) mass is 294 g/mol. The van der Waals surface area contributed by atoms with E-state index in [-0.39, 0.29) is 11.0 Å². The largest absolute Gasteiger partial charge is 0.361 e. The highest BCUT2D eigenvalue weighted by molar-refractivity contribution is 6.30. The molecule has 1 saturated heterocycles. The first-order valence-electron chi connectivity index (χ1n) is 7.35. The van der Waals surface area contributed by atoms with E-state index in [0.29, 0.717) is 11.4 Å². The van der Waals surface area contributed by atoms with Crippen LogP contribution in [0.5, 0.6) is 0 Å². The molecule has 2 heterocycles. The Bertz CT molecular complexity index is 521. The van der Waals surface area contributed by atoms with Gasteiger partial charge in [0.1, 0.15) is 0 Å². The Labute approximate surface area is 123 Å². The molecule has 3 rings (SSSR count).